The maximum Gasteiger partial charge on any atom is 0.354 e. The molecule has 2 fully saturated rings. The number of nitrogens with one attached hydrogen (secondary N) is 1. The summed E-state index contributed by atoms with van der Waals surface area (Å²) < 4.78 is 15.8. The highest BCUT2D eigenvalue weighted by Crippen LogP contribution is 2.43. The predicted molar refractivity (Wildman–Crippen MR) is 135 cm³/mol. The maximum atomic E-state index is 13.4. The Bertz CT molecular complexity index is 1230. The van der Waals surface area contributed by atoms with Gasteiger partial charge in [0.1, 0.15) is 17.2 Å². The molecule has 198 valence electrons. The minimum atomic E-state index is -0.851. The summed E-state index contributed by atoms with van der Waals surface area (Å²) in [6.45, 7) is 7.41. The smallest absolute Gasteiger partial charge is 0.354 e. The molecule has 37 heavy (non-hydrogen) atoms. The van der Waals surface area contributed by atoms with E-state index in [0.29, 0.717) is 54.3 Å². The van der Waals surface area contributed by atoms with Gasteiger partial charge < -0.3 is 29.2 Å². The number of methoxy groups -OCH3 is 2. The molecule has 0 saturated carbocycles. The summed E-state index contributed by atoms with van der Waals surface area (Å²) in [4.78, 5) is 45.7. The normalized spacial score (nSPS) is 19.9. The van der Waals surface area contributed by atoms with Crippen LogP contribution in [0.25, 0.3) is 5.76 Å². The molecule has 3 heterocycles. The van der Waals surface area contributed by atoms with Gasteiger partial charge in [-0.3, -0.25) is 14.5 Å². The number of aliphatic hydroxyl groups is 1. The molecule has 0 radical (unpaired) electrons. The van der Waals surface area contributed by atoms with Crippen LogP contribution in [0.1, 0.15) is 45.3 Å². The summed E-state index contributed by atoms with van der Waals surface area (Å²) in [5.41, 5.74) is 1.94. The number of likely N-dealkylation sites (tertiary alicyclic amines) is 1. The first-order valence-corrected chi connectivity index (χ1v) is 12.3. The second kappa shape index (κ2) is 11.2. The van der Waals surface area contributed by atoms with Crippen molar-refractivity contribution in [1.29, 1.82) is 0 Å². The van der Waals surface area contributed by atoms with E-state index in [1.54, 1.807) is 38.1 Å². The molecule has 1 atom stereocenters. The minimum Gasteiger partial charge on any atom is -0.507 e. The molecule has 0 aliphatic carbocycles. The number of nitrogens with zero attached hydrogens (tertiary/aromatic N) is 2. The second-order valence-corrected chi connectivity index (χ2v) is 9.16. The lowest BCUT2D eigenvalue weighted by atomic mass is 9.93. The molecule has 2 saturated heterocycles. The minimum absolute atomic E-state index is 0.0394. The molecule has 1 unspecified atom stereocenters. The molecule has 2 aromatic rings. The largest absolute Gasteiger partial charge is 0.507 e. The number of morpholine rings is 1. The Hall–Kier alpha value is -3.63. The number of aliphatic hydroxyl groups excluding tert-OH is 1. The third-order valence-electron chi connectivity index (χ3n) is 7.01. The van der Waals surface area contributed by atoms with E-state index in [1.807, 2.05) is 0 Å². The van der Waals surface area contributed by atoms with Gasteiger partial charge >= 0.3 is 5.97 Å². The molecule has 0 spiro atoms. The van der Waals surface area contributed by atoms with Crippen LogP contribution in [0.15, 0.2) is 29.8 Å². The standard InChI is InChI=1S/C27H33N3O7/c1-16-20(17(2)28-22(16)27(34)36-4)24(31)21-23(18-8-5-6-9-19(18)35-3)30(26(33)25(21)32)11-7-10-29-12-14-37-15-13-29/h5-6,8-9,23,28,31H,7,10-15H2,1-4H3/b24-21+. The number of aromatic amines is 1. The third-order valence-corrected chi connectivity index (χ3v) is 7.01. The molecule has 1 aromatic heterocycles. The van der Waals surface area contributed by atoms with Gasteiger partial charge in [-0.1, -0.05) is 18.2 Å². The van der Waals surface area contributed by atoms with E-state index < -0.39 is 23.7 Å². The van der Waals surface area contributed by atoms with Crippen molar-refractivity contribution in [3.63, 3.8) is 0 Å². The number of aryl methyl sites for hydroxylation is 1. The number of aromatic nitrogens is 1. The third kappa shape index (κ3) is 4.99. The molecule has 1 amide bonds. The summed E-state index contributed by atoms with van der Waals surface area (Å²) in [5.74, 6) is -1.90. The Morgan fingerprint density at radius 2 is 1.84 bits per heavy atom. The van der Waals surface area contributed by atoms with E-state index >= 15 is 0 Å². The Morgan fingerprint density at radius 1 is 1.14 bits per heavy atom. The Morgan fingerprint density at radius 3 is 2.51 bits per heavy atom. The number of carbonyl (C=O) groups excluding carboxylic acids is 3. The molecule has 2 aliphatic rings. The van der Waals surface area contributed by atoms with Crippen LogP contribution >= 0.6 is 0 Å². The number of esters is 1. The van der Waals surface area contributed by atoms with Crippen molar-refractivity contribution in [2.24, 2.45) is 0 Å². The van der Waals surface area contributed by atoms with Crippen LogP contribution in [-0.2, 0) is 19.1 Å². The molecule has 0 bridgehead atoms. The monoisotopic (exact) mass is 511 g/mol. The fourth-order valence-electron chi connectivity index (χ4n) is 5.16. The summed E-state index contributed by atoms with van der Waals surface area (Å²) >= 11 is 0. The van der Waals surface area contributed by atoms with Crippen molar-refractivity contribution in [2.75, 3.05) is 53.6 Å². The van der Waals surface area contributed by atoms with Crippen LogP contribution in [-0.4, -0.2) is 91.2 Å². The van der Waals surface area contributed by atoms with Gasteiger partial charge in [0.15, 0.2) is 0 Å². The molecule has 4 rings (SSSR count). The van der Waals surface area contributed by atoms with Crippen LogP contribution in [0, 0.1) is 13.8 Å². The van der Waals surface area contributed by atoms with Crippen LogP contribution in [0.2, 0.25) is 0 Å². The first-order chi connectivity index (χ1) is 17.8. The zero-order valence-corrected chi connectivity index (χ0v) is 21.6. The average Bonchev–Trinajstić information content (AvgIpc) is 3.35. The van der Waals surface area contributed by atoms with Crippen molar-refractivity contribution in [3.05, 3.63) is 57.9 Å². The van der Waals surface area contributed by atoms with Crippen LogP contribution in [0.3, 0.4) is 0 Å². The van der Waals surface area contributed by atoms with Crippen LogP contribution in [0.5, 0.6) is 5.75 Å². The fraction of sp³-hybridized carbons (Fsp3) is 0.444. The number of Topliss-reactive ketones (excluding diaryl/α,β-unsaturated/α-hetero) is 1. The lowest BCUT2D eigenvalue weighted by Gasteiger charge is -2.29. The van der Waals surface area contributed by atoms with E-state index in [2.05, 4.69) is 9.88 Å². The van der Waals surface area contributed by atoms with Gasteiger partial charge in [-0.2, -0.15) is 0 Å². The van der Waals surface area contributed by atoms with Gasteiger partial charge in [0, 0.05) is 43.0 Å². The van der Waals surface area contributed by atoms with Gasteiger partial charge in [-0.05, 0) is 31.9 Å². The summed E-state index contributed by atoms with van der Waals surface area (Å²) in [5, 5.41) is 11.5. The van der Waals surface area contributed by atoms with E-state index in [0.717, 1.165) is 19.6 Å². The van der Waals surface area contributed by atoms with Gasteiger partial charge in [-0.15, -0.1) is 0 Å². The van der Waals surface area contributed by atoms with Crippen molar-refractivity contribution in [1.82, 2.24) is 14.8 Å². The van der Waals surface area contributed by atoms with E-state index in [-0.39, 0.29) is 17.0 Å². The first kappa shape index (κ1) is 26.4. The van der Waals surface area contributed by atoms with Crippen molar-refractivity contribution >= 4 is 23.4 Å². The Kier molecular flexibility index (Phi) is 7.99. The number of para-hydroxylation sites is 1. The highest BCUT2D eigenvalue weighted by atomic mass is 16.5. The SMILES string of the molecule is COC(=O)c1[nH]c(C)c(/C(O)=C2\C(=O)C(=O)N(CCCN3CCOCC3)C2c2ccccc2OC)c1C. The predicted octanol–water partition coefficient (Wildman–Crippen LogP) is 2.57. The first-order valence-electron chi connectivity index (χ1n) is 12.3. The van der Waals surface area contributed by atoms with Gasteiger partial charge in [0.25, 0.3) is 11.7 Å². The topological polar surface area (TPSA) is 121 Å². The number of carbonyl (C=O) groups is 3. The molecule has 1 aromatic carbocycles. The molecular formula is C27H33N3O7. The number of hydrogen-bond donors (Lipinski definition) is 2. The van der Waals surface area contributed by atoms with Gasteiger partial charge in [-0.25, -0.2) is 4.79 Å². The number of benzene rings is 1. The molecule has 10 heteroatoms. The lowest BCUT2D eigenvalue weighted by Crippen LogP contribution is -2.39. The molecule has 10 nitrogen and oxygen atoms in total. The molecule has 2 aliphatic heterocycles. The molecular weight excluding hydrogens is 478 g/mol. The second-order valence-electron chi connectivity index (χ2n) is 9.16. The highest BCUT2D eigenvalue weighted by molar-refractivity contribution is 6.46. The summed E-state index contributed by atoms with van der Waals surface area (Å²) in [6.07, 6.45) is 0.646. The number of amides is 1. The van der Waals surface area contributed by atoms with Crippen molar-refractivity contribution in [3.8, 4) is 5.75 Å². The van der Waals surface area contributed by atoms with Crippen LogP contribution < -0.4 is 4.74 Å². The summed E-state index contributed by atoms with van der Waals surface area (Å²) in [6, 6.07) is 6.29. The lowest BCUT2D eigenvalue weighted by molar-refractivity contribution is -0.140. The number of rotatable bonds is 8. The van der Waals surface area contributed by atoms with Crippen LogP contribution in [0.4, 0.5) is 0 Å². The number of ketones is 1. The zero-order valence-electron chi connectivity index (χ0n) is 21.6. The average molecular weight is 512 g/mol. The highest BCUT2D eigenvalue weighted by Gasteiger charge is 2.47. The number of hydrogen-bond acceptors (Lipinski definition) is 8. The van der Waals surface area contributed by atoms with Gasteiger partial charge in [0.05, 0.1) is 39.0 Å². The van der Waals surface area contributed by atoms with Crippen molar-refractivity contribution in [2.45, 2.75) is 26.3 Å². The summed E-state index contributed by atoms with van der Waals surface area (Å²) in [7, 11) is 2.79. The Labute approximate surface area is 215 Å². The quantitative estimate of drug-likeness (QED) is 0.240. The van der Waals surface area contributed by atoms with Gasteiger partial charge in [0.2, 0.25) is 0 Å². The van der Waals surface area contributed by atoms with E-state index in [4.69, 9.17) is 14.2 Å². The van der Waals surface area contributed by atoms with Crippen molar-refractivity contribution < 1.29 is 33.7 Å². The Balaban J connectivity index is 1.78. The zero-order chi connectivity index (χ0) is 26.7. The molecule has 2 N–H and O–H groups in total. The maximum absolute atomic E-state index is 13.4. The number of ether oxygens (including phenoxy) is 3. The van der Waals surface area contributed by atoms with E-state index in [9.17, 15) is 19.5 Å². The number of H-pyrrole nitrogens is 1. The van der Waals surface area contributed by atoms with E-state index in [1.165, 1.54) is 19.1 Å². The fourth-order valence-corrected chi connectivity index (χ4v) is 5.16.